The first kappa shape index (κ1) is 6.58. The van der Waals surface area contributed by atoms with E-state index in [4.69, 9.17) is 9.84 Å². The second-order valence-corrected chi connectivity index (χ2v) is 3.14. The minimum absolute atomic E-state index is 0.277. The number of epoxide rings is 1. The summed E-state index contributed by atoms with van der Waals surface area (Å²) in [5.41, 5.74) is 0. The number of nitrogens with one attached hydrogen (secondary N) is 1. The van der Waals surface area contributed by atoms with Gasteiger partial charge in [0, 0.05) is 18.6 Å². The Kier molecular flexibility index (Phi) is 1.44. The average molecular weight is 143 g/mol. The number of rotatable bonds is 2. The summed E-state index contributed by atoms with van der Waals surface area (Å²) in [6.07, 6.45) is 1.84. The number of ether oxygens (including phenoxy) is 1. The number of hydrogen-bond donors (Lipinski definition) is 2. The van der Waals surface area contributed by atoms with Crippen LogP contribution in [-0.2, 0) is 4.74 Å². The summed E-state index contributed by atoms with van der Waals surface area (Å²) in [6, 6.07) is 0.488. The van der Waals surface area contributed by atoms with Gasteiger partial charge in [-0.1, -0.05) is 0 Å². The summed E-state index contributed by atoms with van der Waals surface area (Å²) in [5, 5.41) is 12.1. The lowest BCUT2D eigenvalue weighted by Crippen LogP contribution is -2.28. The van der Waals surface area contributed by atoms with Gasteiger partial charge >= 0.3 is 0 Å². The molecule has 58 valence electrons. The van der Waals surface area contributed by atoms with E-state index in [-0.39, 0.29) is 6.61 Å². The molecule has 1 saturated heterocycles. The Morgan fingerprint density at radius 3 is 2.80 bits per heavy atom. The van der Waals surface area contributed by atoms with Crippen molar-refractivity contribution in [3.8, 4) is 0 Å². The zero-order chi connectivity index (χ0) is 7.14. The maximum Gasteiger partial charge on any atom is 0.0998 e. The van der Waals surface area contributed by atoms with Crippen LogP contribution in [0.2, 0.25) is 0 Å². The molecule has 3 heteroatoms. The molecule has 0 spiro atoms. The normalized spacial score (nSPS) is 51.0. The first-order chi connectivity index (χ1) is 4.86. The standard InChI is InChI=1S/C7H13NO2/c1-8-5-2-4(3-9)6-7(5)10-6/h4-9H,2-3H2,1H3/t4?,5?,6-,7?/m1/s1. The smallest absolute Gasteiger partial charge is 0.0998 e. The molecular formula is C7H13NO2. The maximum absolute atomic E-state index is 8.87. The van der Waals surface area contributed by atoms with Crippen LogP contribution in [0.5, 0.6) is 0 Å². The van der Waals surface area contributed by atoms with E-state index in [9.17, 15) is 0 Å². The lowest BCUT2D eigenvalue weighted by atomic mass is 10.1. The molecule has 0 aromatic carbocycles. The highest BCUT2D eigenvalue weighted by molar-refractivity contribution is 5.05. The number of likely N-dealkylation sites (N-methyl/N-ethyl adjacent to an activating group) is 1. The molecule has 3 nitrogen and oxygen atoms in total. The molecule has 3 unspecified atom stereocenters. The fraction of sp³-hybridized carbons (Fsp3) is 1.00. The van der Waals surface area contributed by atoms with Gasteiger partial charge in [0.2, 0.25) is 0 Å². The van der Waals surface area contributed by atoms with Crippen molar-refractivity contribution < 1.29 is 9.84 Å². The van der Waals surface area contributed by atoms with Crippen LogP contribution in [0, 0.1) is 5.92 Å². The molecule has 1 saturated carbocycles. The van der Waals surface area contributed by atoms with E-state index < -0.39 is 0 Å². The molecule has 4 atom stereocenters. The Hall–Kier alpha value is -0.120. The molecule has 0 aromatic rings. The van der Waals surface area contributed by atoms with Gasteiger partial charge in [0.15, 0.2) is 0 Å². The van der Waals surface area contributed by atoms with E-state index in [1.165, 1.54) is 0 Å². The van der Waals surface area contributed by atoms with E-state index >= 15 is 0 Å². The van der Waals surface area contributed by atoms with Gasteiger partial charge in [-0.05, 0) is 13.5 Å². The molecule has 2 rings (SSSR count). The van der Waals surface area contributed by atoms with E-state index in [2.05, 4.69) is 5.32 Å². The van der Waals surface area contributed by atoms with Gasteiger partial charge in [-0.25, -0.2) is 0 Å². The van der Waals surface area contributed by atoms with Crippen LogP contribution in [0.1, 0.15) is 6.42 Å². The number of aliphatic hydroxyl groups is 1. The number of hydrogen-bond acceptors (Lipinski definition) is 3. The minimum atomic E-state index is 0.277. The van der Waals surface area contributed by atoms with Gasteiger partial charge in [-0.15, -0.1) is 0 Å². The molecule has 0 radical (unpaired) electrons. The molecule has 10 heavy (non-hydrogen) atoms. The van der Waals surface area contributed by atoms with Crippen molar-refractivity contribution >= 4 is 0 Å². The van der Waals surface area contributed by atoms with E-state index in [0.29, 0.717) is 24.2 Å². The minimum Gasteiger partial charge on any atom is -0.396 e. The molecule has 0 amide bonds. The largest absolute Gasteiger partial charge is 0.396 e. The fourth-order valence-corrected chi connectivity index (χ4v) is 1.89. The van der Waals surface area contributed by atoms with Crippen molar-refractivity contribution in [2.75, 3.05) is 13.7 Å². The quantitative estimate of drug-likeness (QED) is 0.505. The number of fused-ring (bicyclic) bond motifs is 1. The highest BCUT2D eigenvalue weighted by Crippen LogP contribution is 2.42. The summed E-state index contributed by atoms with van der Waals surface area (Å²) in [4.78, 5) is 0. The monoisotopic (exact) mass is 143 g/mol. The molecule has 1 heterocycles. The van der Waals surface area contributed by atoms with Gasteiger partial charge in [0.05, 0.1) is 12.2 Å². The van der Waals surface area contributed by atoms with E-state index in [1.54, 1.807) is 0 Å². The first-order valence-electron chi connectivity index (χ1n) is 3.80. The van der Waals surface area contributed by atoms with E-state index in [1.807, 2.05) is 7.05 Å². The molecule has 2 fully saturated rings. The van der Waals surface area contributed by atoms with Crippen molar-refractivity contribution in [2.24, 2.45) is 5.92 Å². The van der Waals surface area contributed by atoms with Crippen LogP contribution in [0.15, 0.2) is 0 Å². The Labute approximate surface area is 60.4 Å². The van der Waals surface area contributed by atoms with Crippen molar-refractivity contribution in [1.82, 2.24) is 5.32 Å². The second-order valence-electron chi connectivity index (χ2n) is 3.14. The lowest BCUT2D eigenvalue weighted by Gasteiger charge is -2.11. The fourth-order valence-electron chi connectivity index (χ4n) is 1.89. The predicted octanol–water partition coefficient (Wildman–Crippen LogP) is -0.646. The van der Waals surface area contributed by atoms with Crippen molar-refractivity contribution in [3.63, 3.8) is 0 Å². The predicted molar refractivity (Wildman–Crippen MR) is 36.7 cm³/mol. The Morgan fingerprint density at radius 1 is 1.60 bits per heavy atom. The third-order valence-electron chi connectivity index (χ3n) is 2.58. The molecule has 2 aliphatic rings. The van der Waals surface area contributed by atoms with Crippen LogP contribution in [0.4, 0.5) is 0 Å². The second kappa shape index (κ2) is 2.19. The van der Waals surface area contributed by atoms with Crippen molar-refractivity contribution in [1.29, 1.82) is 0 Å². The summed E-state index contributed by atoms with van der Waals surface area (Å²) >= 11 is 0. The average Bonchev–Trinajstić information content (AvgIpc) is 2.67. The molecule has 0 bridgehead atoms. The van der Waals surface area contributed by atoms with Gasteiger partial charge in [0.25, 0.3) is 0 Å². The topological polar surface area (TPSA) is 44.8 Å². The van der Waals surface area contributed by atoms with Gasteiger partial charge in [0.1, 0.15) is 0 Å². The third-order valence-corrected chi connectivity index (χ3v) is 2.58. The summed E-state index contributed by atoms with van der Waals surface area (Å²) < 4.78 is 5.34. The molecule has 2 N–H and O–H groups in total. The lowest BCUT2D eigenvalue weighted by molar-refractivity contribution is 0.161. The van der Waals surface area contributed by atoms with Crippen LogP contribution >= 0.6 is 0 Å². The highest BCUT2D eigenvalue weighted by atomic mass is 16.6. The maximum atomic E-state index is 8.87. The van der Waals surface area contributed by atoms with E-state index in [0.717, 1.165) is 6.42 Å². The van der Waals surface area contributed by atoms with Crippen LogP contribution in [-0.4, -0.2) is 37.0 Å². The number of aliphatic hydroxyl groups excluding tert-OH is 1. The molecule has 1 aliphatic carbocycles. The summed E-state index contributed by atoms with van der Waals surface area (Å²) in [5.74, 6) is 0.391. The van der Waals surface area contributed by atoms with Gasteiger partial charge in [-0.3, -0.25) is 0 Å². The molecular weight excluding hydrogens is 130 g/mol. The first-order valence-corrected chi connectivity index (χ1v) is 3.80. The third kappa shape index (κ3) is 0.779. The zero-order valence-electron chi connectivity index (χ0n) is 6.08. The Bertz CT molecular complexity index is 126. The summed E-state index contributed by atoms with van der Waals surface area (Å²) in [6.45, 7) is 0.277. The SMILES string of the molecule is CNC1CC(CO)[C@H]2OC12. The Morgan fingerprint density at radius 2 is 2.40 bits per heavy atom. The summed E-state index contributed by atoms with van der Waals surface area (Å²) in [7, 11) is 1.95. The van der Waals surface area contributed by atoms with Crippen molar-refractivity contribution in [2.45, 2.75) is 24.7 Å². The molecule has 1 aliphatic heterocycles. The van der Waals surface area contributed by atoms with Crippen LogP contribution < -0.4 is 5.32 Å². The van der Waals surface area contributed by atoms with Gasteiger partial charge in [-0.2, -0.15) is 0 Å². The Balaban J connectivity index is 1.95. The van der Waals surface area contributed by atoms with Gasteiger partial charge < -0.3 is 15.2 Å². The van der Waals surface area contributed by atoms with Crippen LogP contribution in [0.3, 0.4) is 0 Å². The van der Waals surface area contributed by atoms with Crippen molar-refractivity contribution in [3.05, 3.63) is 0 Å². The highest BCUT2D eigenvalue weighted by Gasteiger charge is 2.55. The molecule has 0 aromatic heterocycles. The van der Waals surface area contributed by atoms with Crippen LogP contribution in [0.25, 0.3) is 0 Å². The zero-order valence-corrected chi connectivity index (χ0v) is 6.08.